The Balaban J connectivity index is 1.33. The number of pyridine rings is 3. The predicted molar refractivity (Wildman–Crippen MR) is 182 cm³/mol. The van der Waals surface area contributed by atoms with Crippen molar-refractivity contribution in [1.82, 2.24) is 24.9 Å². The molecule has 0 atom stereocenters. The molecule has 44 heavy (non-hydrogen) atoms. The van der Waals surface area contributed by atoms with Crippen LogP contribution in [0.25, 0.3) is 66.8 Å². The second-order valence-corrected chi connectivity index (χ2v) is 10.7. The van der Waals surface area contributed by atoms with E-state index in [1.807, 2.05) is 42.3 Å². The average molecular weight is 570 g/mol. The van der Waals surface area contributed by atoms with Gasteiger partial charge in [0.15, 0.2) is 0 Å². The molecule has 7 aromatic rings. The van der Waals surface area contributed by atoms with Crippen LogP contribution in [-0.4, -0.2) is 26.6 Å². The van der Waals surface area contributed by atoms with Crippen LogP contribution in [0.4, 0.5) is 0 Å². The van der Waals surface area contributed by atoms with Crippen molar-refractivity contribution in [2.45, 2.75) is 6.92 Å². The van der Waals surface area contributed by atoms with Gasteiger partial charge in [0, 0.05) is 36.6 Å². The molecular weight excluding hydrogens is 538 g/mol. The van der Waals surface area contributed by atoms with Gasteiger partial charge < -0.3 is 5.32 Å². The van der Waals surface area contributed by atoms with Crippen LogP contribution in [0.5, 0.6) is 0 Å². The molecule has 3 aromatic carbocycles. The van der Waals surface area contributed by atoms with Crippen LogP contribution in [0.3, 0.4) is 0 Å². The standard InChI is InChI=1S/C39H31N5/c1-3-27(16-19-40-2)28-8-10-30(11-9-28)35-23-37(32-14-12-29(13-15-32)31-17-20-41-21-18-31)42-38(24-35)39-25-36-22-33-6-4-5-7-34(33)26-44(36)43-39/h3-26,40H,1-2H3/b19-16-,27-3+. The van der Waals surface area contributed by atoms with E-state index in [1.54, 1.807) is 0 Å². The smallest absolute Gasteiger partial charge is 0.112 e. The number of nitrogens with one attached hydrogen (secondary N) is 1. The fourth-order valence-corrected chi connectivity index (χ4v) is 5.54. The van der Waals surface area contributed by atoms with E-state index < -0.39 is 0 Å². The third-order valence-corrected chi connectivity index (χ3v) is 7.90. The first-order valence-electron chi connectivity index (χ1n) is 14.7. The lowest BCUT2D eigenvalue weighted by molar-refractivity contribution is 0.970. The number of benzene rings is 3. The fraction of sp³-hybridized carbons (Fsp3) is 0.0513. The van der Waals surface area contributed by atoms with E-state index in [-0.39, 0.29) is 0 Å². The fourth-order valence-electron chi connectivity index (χ4n) is 5.54. The van der Waals surface area contributed by atoms with Crippen molar-refractivity contribution in [3.63, 3.8) is 0 Å². The summed E-state index contributed by atoms with van der Waals surface area (Å²) in [5, 5.41) is 10.4. The summed E-state index contributed by atoms with van der Waals surface area (Å²) in [6, 6.07) is 38.3. The molecule has 4 aromatic heterocycles. The number of hydrogen-bond acceptors (Lipinski definition) is 4. The summed E-state index contributed by atoms with van der Waals surface area (Å²) < 4.78 is 1.95. The number of hydrogen-bond donors (Lipinski definition) is 1. The minimum atomic E-state index is 0.832. The van der Waals surface area contributed by atoms with E-state index in [2.05, 4.69) is 133 Å². The van der Waals surface area contributed by atoms with E-state index in [0.717, 1.165) is 66.9 Å². The largest absolute Gasteiger partial charge is 0.394 e. The SMILES string of the molecule is C/C=C(\C=C/NC)c1ccc(-c2cc(-c3ccc(-c4ccncc4)cc3)nc(-c3cc4cc5ccccc5cn4n3)c2)cc1. The van der Waals surface area contributed by atoms with E-state index >= 15 is 0 Å². The van der Waals surface area contributed by atoms with Crippen molar-refractivity contribution >= 4 is 21.9 Å². The zero-order valence-electron chi connectivity index (χ0n) is 24.6. The van der Waals surface area contributed by atoms with Crippen LogP contribution in [0, 0.1) is 0 Å². The number of rotatable bonds is 7. The third kappa shape index (κ3) is 5.39. The highest BCUT2D eigenvalue weighted by molar-refractivity contribution is 5.87. The van der Waals surface area contributed by atoms with Gasteiger partial charge in [0.25, 0.3) is 0 Å². The molecule has 0 amide bonds. The second-order valence-electron chi connectivity index (χ2n) is 10.7. The summed E-state index contributed by atoms with van der Waals surface area (Å²) >= 11 is 0. The number of nitrogens with zero attached hydrogens (tertiary/aromatic N) is 4. The van der Waals surface area contributed by atoms with Crippen molar-refractivity contribution in [2.24, 2.45) is 0 Å². The maximum Gasteiger partial charge on any atom is 0.112 e. The topological polar surface area (TPSA) is 55.1 Å². The van der Waals surface area contributed by atoms with Gasteiger partial charge >= 0.3 is 0 Å². The Morgan fingerprint density at radius 3 is 2.07 bits per heavy atom. The van der Waals surface area contributed by atoms with E-state index in [4.69, 9.17) is 10.1 Å². The van der Waals surface area contributed by atoms with Crippen LogP contribution in [0.1, 0.15) is 12.5 Å². The molecule has 0 radical (unpaired) electrons. The summed E-state index contributed by atoms with van der Waals surface area (Å²) in [4.78, 5) is 9.30. The zero-order chi connectivity index (χ0) is 29.9. The van der Waals surface area contributed by atoms with Crippen molar-refractivity contribution in [3.05, 3.63) is 152 Å². The summed E-state index contributed by atoms with van der Waals surface area (Å²) in [6.07, 6.45) is 11.9. The lowest BCUT2D eigenvalue weighted by Gasteiger charge is -2.11. The molecule has 0 bridgehead atoms. The summed E-state index contributed by atoms with van der Waals surface area (Å²) in [6.45, 7) is 2.06. The van der Waals surface area contributed by atoms with Crippen LogP contribution in [0.15, 0.2) is 146 Å². The average Bonchev–Trinajstić information content (AvgIpc) is 3.51. The molecule has 0 aliphatic rings. The lowest BCUT2D eigenvalue weighted by Crippen LogP contribution is -1.93. The number of aromatic nitrogens is 4. The number of fused-ring (bicyclic) bond motifs is 2. The molecule has 7 rings (SSSR count). The van der Waals surface area contributed by atoms with Gasteiger partial charge in [-0.1, -0.05) is 78.9 Å². The van der Waals surface area contributed by atoms with Crippen LogP contribution < -0.4 is 5.32 Å². The molecule has 5 heteroatoms. The molecule has 5 nitrogen and oxygen atoms in total. The minimum absolute atomic E-state index is 0.832. The Labute approximate surface area is 256 Å². The second kappa shape index (κ2) is 11.8. The summed E-state index contributed by atoms with van der Waals surface area (Å²) in [5.74, 6) is 0. The first-order valence-corrected chi connectivity index (χ1v) is 14.7. The van der Waals surface area contributed by atoms with Crippen molar-refractivity contribution in [2.75, 3.05) is 7.05 Å². The van der Waals surface area contributed by atoms with Gasteiger partial charge in [-0.2, -0.15) is 5.10 Å². The normalized spacial score (nSPS) is 11.9. The van der Waals surface area contributed by atoms with Crippen molar-refractivity contribution < 1.29 is 0 Å². The highest BCUT2D eigenvalue weighted by atomic mass is 15.2. The maximum absolute atomic E-state index is 5.15. The molecular formula is C39H31N5. The zero-order valence-corrected chi connectivity index (χ0v) is 24.6. The quantitative estimate of drug-likeness (QED) is 0.195. The highest BCUT2D eigenvalue weighted by Gasteiger charge is 2.13. The molecule has 212 valence electrons. The van der Waals surface area contributed by atoms with Gasteiger partial charge in [0.1, 0.15) is 5.69 Å². The molecule has 0 saturated heterocycles. The molecule has 0 aliphatic carbocycles. The Bertz CT molecular complexity index is 2090. The van der Waals surface area contributed by atoms with E-state index in [9.17, 15) is 0 Å². The minimum Gasteiger partial charge on any atom is -0.394 e. The molecule has 1 N–H and O–H groups in total. The molecule has 0 aliphatic heterocycles. The van der Waals surface area contributed by atoms with E-state index in [0.29, 0.717) is 0 Å². The molecule has 0 fully saturated rings. The molecule has 0 saturated carbocycles. The number of allylic oxidation sites excluding steroid dienone is 3. The van der Waals surface area contributed by atoms with E-state index in [1.165, 1.54) is 5.39 Å². The summed E-state index contributed by atoms with van der Waals surface area (Å²) in [7, 11) is 1.91. The summed E-state index contributed by atoms with van der Waals surface area (Å²) in [5.41, 5.74) is 11.5. The van der Waals surface area contributed by atoms with Gasteiger partial charge in [-0.3, -0.25) is 4.98 Å². The van der Waals surface area contributed by atoms with Crippen molar-refractivity contribution in [1.29, 1.82) is 0 Å². The lowest BCUT2D eigenvalue weighted by atomic mass is 9.97. The highest BCUT2D eigenvalue weighted by Crippen LogP contribution is 2.32. The van der Waals surface area contributed by atoms with Gasteiger partial charge in [-0.05, 0) is 94.4 Å². The Kier molecular flexibility index (Phi) is 7.27. The van der Waals surface area contributed by atoms with Gasteiger partial charge in [0.2, 0.25) is 0 Å². The van der Waals surface area contributed by atoms with Gasteiger partial charge in [-0.15, -0.1) is 0 Å². The first kappa shape index (κ1) is 27.0. The molecule has 0 spiro atoms. The first-order chi connectivity index (χ1) is 21.7. The van der Waals surface area contributed by atoms with Crippen LogP contribution in [-0.2, 0) is 0 Å². The Hall–Kier alpha value is -5.81. The Morgan fingerprint density at radius 1 is 0.659 bits per heavy atom. The third-order valence-electron chi connectivity index (χ3n) is 7.90. The van der Waals surface area contributed by atoms with Gasteiger partial charge in [0.05, 0.1) is 16.9 Å². The maximum atomic E-state index is 5.15. The van der Waals surface area contributed by atoms with Crippen LogP contribution in [0.2, 0.25) is 0 Å². The Morgan fingerprint density at radius 2 is 1.32 bits per heavy atom. The molecule has 0 unspecified atom stereocenters. The monoisotopic (exact) mass is 569 g/mol. The van der Waals surface area contributed by atoms with Crippen molar-refractivity contribution in [3.8, 4) is 44.9 Å². The van der Waals surface area contributed by atoms with Crippen LogP contribution >= 0.6 is 0 Å². The van der Waals surface area contributed by atoms with Gasteiger partial charge in [-0.25, -0.2) is 9.50 Å². The predicted octanol–water partition coefficient (Wildman–Crippen LogP) is 9.08. The molecule has 4 heterocycles.